The second kappa shape index (κ2) is 7.00. The summed E-state index contributed by atoms with van der Waals surface area (Å²) < 4.78 is 1.62. The Balaban J connectivity index is 1.90. The zero-order valence-corrected chi connectivity index (χ0v) is 14.7. The third kappa shape index (κ3) is 3.67. The molecule has 3 heterocycles. The molecule has 1 atom stereocenters. The molecular weight excluding hydrogens is 320 g/mol. The maximum Gasteiger partial charge on any atom is 0.257 e. The number of carbonyl (C=O) groups is 2. The highest BCUT2D eigenvalue weighted by Gasteiger charge is 2.33. The Morgan fingerprint density at radius 2 is 2.16 bits per heavy atom. The summed E-state index contributed by atoms with van der Waals surface area (Å²) in [5, 5.41) is 6.87. The summed E-state index contributed by atoms with van der Waals surface area (Å²) >= 11 is 0. The van der Waals surface area contributed by atoms with Crippen molar-refractivity contribution in [1.29, 1.82) is 0 Å². The lowest BCUT2D eigenvalue weighted by atomic mass is 10.1. The standard InChI is InChI=1S/C17H22N6O2/c1-11-18-7-13(8-19-12(2)24)16(21-11)15-5-4-6-23(15)17(25)14-9-20-22(3)10-14/h7,9-10,15H,4-6,8H2,1-3H3,(H,19,24)/t15-/m1/s1. The van der Waals surface area contributed by atoms with Crippen LogP contribution in [0.2, 0.25) is 0 Å². The Morgan fingerprint density at radius 3 is 2.84 bits per heavy atom. The molecule has 2 amide bonds. The largest absolute Gasteiger partial charge is 0.352 e. The van der Waals surface area contributed by atoms with Crippen LogP contribution in [0.4, 0.5) is 0 Å². The number of hydrogen-bond donors (Lipinski definition) is 1. The van der Waals surface area contributed by atoms with E-state index in [4.69, 9.17) is 0 Å². The van der Waals surface area contributed by atoms with Gasteiger partial charge in [-0.05, 0) is 19.8 Å². The fourth-order valence-electron chi connectivity index (χ4n) is 3.15. The van der Waals surface area contributed by atoms with Gasteiger partial charge in [-0.3, -0.25) is 14.3 Å². The molecule has 132 valence electrons. The van der Waals surface area contributed by atoms with Gasteiger partial charge in [-0.1, -0.05) is 0 Å². The van der Waals surface area contributed by atoms with Crippen molar-refractivity contribution >= 4 is 11.8 Å². The first-order valence-corrected chi connectivity index (χ1v) is 8.32. The number of nitrogens with zero attached hydrogens (tertiary/aromatic N) is 5. The van der Waals surface area contributed by atoms with Crippen LogP contribution in [0, 0.1) is 6.92 Å². The van der Waals surface area contributed by atoms with Gasteiger partial charge in [0.25, 0.3) is 5.91 Å². The summed E-state index contributed by atoms with van der Waals surface area (Å²) in [7, 11) is 1.79. The second-order valence-corrected chi connectivity index (χ2v) is 6.30. The van der Waals surface area contributed by atoms with Gasteiger partial charge >= 0.3 is 0 Å². The van der Waals surface area contributed by atoms with Crippen LogP contribution in [-0.2, 0) is 18.4 Å². The maximum atomic E-state index is 12.9. The van der Waals surface area contributed by atoms with Crippen molar-refractivity contribution in [1.82, 2.24) is 30.0 Å². The van der Waals surface area contributed by atoms with Gasteiger partial charge in [-0.15, -0.1) is 0 Å². The summed E-state index contributed by atoms with van der Waals surface area (Å²) in [5.74, 6) is 0.501. The summed E-state index contributed by atoms with van der Waals surface area (Å²) in [6.45, 7) is 4.34. The maximum absolute atomic E-state index is 12.9. The van der Waals surface area contributed by atoms with E-state index in [0.29, 0.717) is 24.5 Å². The lowest BCUT2D eigenvalue weighted by Crippen LogP contribution is -2.32. The van der Waals surface area contributed by atoms with Crippen molar-refractivity contribution in [3.05, 3.63) is 41.2 Å². The van der Waals surface area contributed by atoms with Gasteiger partial charge in [0.2, 0.25) is 5.91 Å². The summed E-state index contributed by atoms with van der Waals surface area (Å²) in [4.78, 5) is 34.8. The molecule has 0 unspecified atom stereocenters. The molecule has 8 heteroatoms. The Hall–Kier alpha value is -2.77. The van der Waals surface area contributed by atoms with Crippen LogP contribution in [0.3, 0.4) is 0 Å². The molecule has 0 radical (unpaired) electrons. The molecule has 0 bridgehead atoms. The third-order valence-corrected chi connectivity index (χ3v) is 4.33. The van der Waals surface area contributed by atoms with Crippen molar-refractivity contribution < 1.29 is 9.59 Å². The normalized spacial score (nSPS) is 16.9. The fourth-order valence-corrected chi connectivity index (χ4v) is 3.15. The second-order valence-electron chi connectivity index (χ2n) is 6.30. The first kappa shape index (κ1) is 17.1. The Kier molecular flexibility index (Phi) is 4.78. The van der Waals surface area contributed by atoms with Crippen LogP contribution >= 0.6 is 0 Å². The Bertz CT molecular complexity index is 800. The van der Waals surface area contributed by atoms with Gasteiger partial charge in [0.05, 0.1) is 23.5 Å². The van der Waals surface area contributed by atoms with Crippen LogP contribution in [-0.4, -0.2) is 43.0 Å². The molecule has 3 rings (SSSR count). The number of nitrogens with one attached hydrogen (secondary N) is 1. The molecule has 0 saturated carbocycles. The van der Waals surface area contributed by atoms with E-state index in [0.717, 1.165) is 24.1 Å². The van der Waals surface area contributed by atoms with E-state index in [-0.39, 0.29) is 17.9 Å². The SMILES string of the molecule is CC(=O)NCc1cnc(C)nc1[C@H]1CCCN1C(=O)c1cnn(C)c1. The molecule has 0 aliphatic carbocycles. The van der Waals surface area contributed by atoms with E-state index in [9.17, 15) is 9.59 Å². The average Bonchev–Trinajstić information content (AvgIpc) is 3.21. The van der Waals surface area contributed by atoms with Gasteiger partial charge in [-0.25, -0.2) is 9.97 Å². The van der Waals surface area contributed by atoms with Crippen LogP contribution in [0.1, 0.15) is 53.2 Å². The molecule has 1 aliphatic rings. The Morgan fingerprint density at radius 1 is 1.36 bits per heavy atom. The molecule has 1 saturated heterocycles. The number of aryl methyl sites for hydroxylation is 2. The topological polar surface area (TPSA) is 93.0 Å². The third-order valence-electron chi connectivity index (χ3n) is 4.33. The van der Waals surface area contributed by atoms with Crippen molar-refractivity contribution in [2.45, 2.75) is 39.3 Å². The number of carbonyl (C=O) groups excluding carboxylic acids is 2. The van der Waals surface area contributed by atoms with E-state index in [1.807, 2.05) is 11.8 Å². The predicted molar refractivity (Wildman–Crippen MR) is 90.5 cm³/mol. The minimum absolute atomic E-state index is 0.0441. The van der Waals surface area contributed by atoms with Crippen molar-refractivity contribution in [3.63, 3.8) is 0 Å². The van der Waals surface area contributed by atoms with Crippen LogP contribution in [0.15, 0.2) is 18.6 Å². The zero-order valence-electron chi connectivity index (χ0n) is 14.7. The van der Waals surface area contributed by atoms with Gasteiger partial charge in [-0.2, -0.15) is 5.10 Å². The van der Waals surface area contributed by atoms with E-state index in [1.165, 1.54) is 6.92 Å². The van der Waals surface area contributed by atoms with Gasteiger partial charge in [0.1, 0.15) is 5.82 Å². The van der Waals surface area contributed by atoms with Crippen LogP contribution < -0.4 is 5.32 Å². The summed E-state index contributed by atoms with van der Waals surface area (Å²) in [6.07, 6.45) is 6.80. The zero-order chi connectivity index (χ0) is 18.0. The van der Waals surface area contributed by atoms with Gasteiger partial charge in [0, 0.05) is 45.0 Å². The van der Waals surface area contributed by atoms with E-state index >= 15 is 0 Å². The molecule has 0 spiro atoms. The average molecular weight is 342 g/mol. The van der Waals surface area contributed by atoms with E-state index < -0.39 is 0 Å². The minimum Gasteiger partial charge on any atom is -0.352 e. The quantitative estimate of drug-likeness (QED) is 0.899. The Labute approximate surface area is 146 Å². The monoisotopic (exact) mass is 342 g/mol. The molecule has 0 aromatic carbocycles. The highest BCUT2D eigenvalue weighted by atomic mass is 16.2. The minimum atomic E-state index is -0.113. The van der Waals surface area contributed by atoms with Crippen LogP contribution in [0.25, 0.3) is 0 Å². The van der Waals surface area contributed by atoms with E-state index in [2.05, 4.69) is 20.4 Å². The highest BCUT2D eigenvalue weighted by Crippen LogP contribution is 2.33. The fraction of sp³-hybridized carbons (Fsp3) is 0.471. The number of likely N-dealkylation sites (tertiary alicyclic amines) is 1. The lowest BCUT2D eigenvalue weighted by molar-refractivity contribution is -0.119. The molecule has 1 N–H and O–H groups in total. The molecule has 8 nitrogen and oxygen atoms in total. The summed E-state index contributed by atoms with van der Waals surface area (Å²) in [5.41, 5.74) is 2.23. The number of rotatable bonds is 4. The lowest BCUT2D eigenvalue weighted by Gasteiger charge is -2.25. The van der Waals surface area contributed by atoms with Crippen molar-refractivity contribution in [2.24, 2.45) is 7.05 Å². The smallest absolute Gasteiger partial charge is 0.257 e. The summed E-state index contributed by atoms with van der Waals surface area (Å²) in [6, 6.07) is -0.113. The first-order chi connectivity index (χ1) is 12.0. The molecule has 2 aromatic heterocycles. The highest BCUT2D eigenvalue weighted by molar-refractivity contribution is 5.94. The van der Waals surface area contributed by atoms with E-state index in [1.54, 1.807) is 30.3 Å². The number of hydrogen-bond acceptors (Lipinski definition) is 5. The van der Waals surface area contributed by atoms with Gasteiger partial charge < -0.3 is 10.2 Å². The molecular formula is C17H22N6O2. The number of amides is 2. The predicted octanol–water partition coefficient (Wildman–Crippen LogP) is 1.13. The molecule has 2 aromatic rings. The molecule has 25 heavy (non-hydrogen) atoms. The van der Waals surface area contributed by atoms with Crippen molar-refractivity contribution in [2.75, 3.05) is 6.54 Å². The van der Waals surface area contributed by atoms with Crippen LogP contribution in [0.5, 0.6) is 0 Å². The van der Waals surface area contributed by atoms with Crippen molar-refractivity contribution in [3.8, 4) is 0 Å². The molecule has 1 fully saturated rings. The first-order valence-electron chi connectivity index (χ1n) is 8.32. The number of aromatic nitrogens is 4. The van der Waals surface area contributed by atoms with Gasteiger partial charge in [0.15, 0.2) is 0 Å². The molecule has 1 aliphatic heterocycles.